The Morgan fingerprint density at radius 3 is 2.50 bits per heavy atom. The minimum atomic E-state index is -3.68. The molecule has 1 aromatic heterocycles. The van der Waals surface area contributed by atoms with E-state index in [1.54, 1.807) is 25.5 Å². The molecule has 10 heteroatoms. The number of sulfonamides is 1. The minimum Gasteiger partial charge on any atom is -0.469 e. The third-order valence-electron chi connectivity index (χ3n) is 3.73. The molecule has 1 aromatic carbocycles. The number of guanidine groups is 1. The first-order chi connectivity index (χ1) is 13.0. The van der Waals surface area contributed by atoms with Crippen LogP contribution < -0.4 is 15.8 Å². The number of halogens is 1. The molecule has 2 rings (SSSR count). The summed E-state index contributed by atoms with van der Waals surface area (Å²) in [5.74, 6) is 1.58. The summed E-state index contributed by atoms with van der Waals surface area (Å²) in [6.45, 7) is 2.48. The molecule has 0 spiro atoms. The van der Waals surface area contributed by atoms with Crippen molar-refractivity contribution in [2.75, 3.05) is 26.8 Å². The van der Waals surface area contributed by atoms with Gasteiger partial charge in [0.25, 0.3) is 0 Å². The lowest BCUT2D eigenvalue weighted by Gasteiger charge is -2.12. The van der Waals surface area contributed by atoms with Crippen LogP contribution in [0, 0.1) is 0 Å². The number of nitrogens with zero attached hydrogens (tertiary/aromatic N) is 1. The van der Waals surface area contributed by atoms with E-state index in [4.69, 9.17) is 14.3 Å². The lowest BCUT2D eigenvalue weighted by Crippen LogP contribution is -2.39. The van der Waals surface area contributed by atoms with E-state index in [0.29, 0.717) is 25.7 Å². The van der Waals surface area contributed by atoms with Crippen LogP contribution in [0.5, 0.6) is 0 Å². The first-order valence-electron chi connectivity index (χ1n) is 8.64. The van der Waals surface area contributed by atoms with E-state index >= 15 is 0 Å². The molecule has 0 saturated carbocycles. The van der Waals surface area contributed by atoms with E-state index in [9.17, 15) is 8.42 Å². The molecule has 0 saturated heterocycles. The normalized spacial score (nSPS) is 11.7. The first kappa shape index (κ1) is 24.4. The summed E-state index contributed by atoms with van der Waals surface area (Å²) in [5.41, 5.74) is 0.881. The molecule has 0 aliphatic rings. The van der Waals surface area contributed by atoms with Crippen molar-refractivity contribution < 1.29 is 17.6 Å². The van der Waals surface area contributed by atoms with Crippen LogP contribution in [0.1, 0.15) is 17.7 Å². The highest BCUT2D eigenvalue weighted by atomic mass is 127. The Kier molecular flexibility index (Phi) is 11.1. The standard InChI is InChI=1S/C18H26N4O4S.HI/c1-25-12-3-10-20-18(21-11-9-16-4-2-13-26-16)22-14-15-5-7-17(8-6-15)27(19,23)24;/h2,4-8,13H,3,9-12,14H2,1H3,(H2,19,23,24)(H2,20,21,22);1H. The van der Waals surface area contributed by atoms with Crippen LogP contribution in [-0.2, 0) is 27.7 Å². The number of nitrogens with two attached hydrogens (primary N) is 1. The van der Waals surface area contributed by atoms with E-state index in [1.807, 2.05) is 12.1 Å². The summed E-state index contributed by atoms with van der Waals surface area (Å²) in [7, 11) is -2.01. The minimum absolute atomic E-state index is 0. The van der Waals surface area contributed by atoms with Crippen LogP contribution in [0.3, 0.4) is 0 Å². The molecule has 0 fully saturated rings. The molecule has 0 bridgehead atoms. The maximum atomic E-state index is 11.3. The molecule has 4 N–H and O–H groups in total. The zero-order valence-electron chi connectivity index (χ0n) is 15.8. The Bertz CT molecular complexity index is 809. The summed E-state index contributed by atoms with van der Waals surface area (Å²) < 4.78 is 33.0. The van der Waals surface area contributed by atoms with Gasteiger partial charge in [-0.15, -0.1) is 24.0 Å². The van der Waals surface area contributed by atoms with Crippen LogP contribution in [0.2, 0.25) is 0 Å². The molecular formula is C18H27IN4O4S. The van der Waals surface area contributed by atoms with Gasteiger partial charge in [-0.25, -0.2) is 18.5 Å². The van der Waals surface area contributed by atoms with Gasteiger partial charge < -0.3 is 19.8 Å². The number of ether oxygens (including phenoxy) is 1. The zero-order valence-corrected chi connectivity index (χ0v) is 18.9. The van der Waals surface area contributed by atoms with Gasteiger partial charge in [-0.3, -0.25) is 0 Å². The quantitative estimate of drug-likeness (QED) is 0.190. The van der Waals surface area contributed by atoms with E-state index in [2.05, 4.69) is 15.6 Å². The summed E-state index contributed by atoms with van der Waals surface area (Å²) in [4.78, 5) is 4.63. The monoisotopic (exact) mass is 522 g/mol. The fourth-order valence-electron chi connectivity index (χ4n) is 2.31. The SMILES string of the molecule is COCCCNC(=NCc1ccc(S(N)(=O)=O)cc1)NCCc1ccco1.I. The number of benzene rings is 1. The van der Waals surface area contributed by atoms with Gasteiger partial charge in [-0.1, -0.05) is 12.1 Å². The van der Waals surface area contributed by atoms with E-state index in [1.165, 1.54) is 12.1 Å². The number of aliphatic imine (C=N–C) groups is 1. The molecule has 1 heterocycles. The molecule has 2 aromatic rings. The van der Waals surface area contributed by atoms with Gasteiger partial charge in [-0.2, -0.15) is 0 Å². The van der Waals surface area contributed by atoms with Crippen LogP contribution in [0.25, 0.3) is 0 Å². The Morgan fingerprint density at radius 1 is 1.18 bits per heavy atom. The van der Waals surface area contributed by atoms with Crippen molar-refractivity contribution in [2.24, 2.45) is 10.1 Å². The predicted molar refractivity (Wildman–Crippen MR) is 119 cm³/mol. The zero-order chi connectivity index (χ0) is 19.5. The average Bonchev–Trinajstić information content (AvgIpc) is 3.15. The van der Waals surface area contributed by atoms with Gasteiger partial charge in [0.2, 0.25) is 10.0 Å². The van der Waals surface area contributed by atoms with E-state index < -0.39 is 10.0 Å². The number of rotatable bonds is 10. The average molecular weight is 522 g/mol. The highest BCUT2D eigenvalue weighted by Gasteiger charge is 2.06. The fourth-order valence-corrected chi connectivity index (χ4v) is 2.83. The van der Waals surface area contributed by atoms with Crippen molar-refractivity contribution in [2.45, 2.75) is 24.3 Å². The molecule has 0 radical (unpaired) electrons. The Morgan fingerprint density at radius 2 is 1.89 bits per heavy atom. The van der Waals surface area contributed by atoms with Gasteiger partial charge in [0.1, 0.15) is 5.76 Å². The highest BCUT2D eigenvalue weighted by Crippen LogP contribution is 2.09. The van der Waals surface area contributed by atoms with Crippen LogP contribution in [0.4, 0.5) is 0 Å². The third-order valence-corrected chi connectivity index (χ3v) is 4.66. The summed E-state index contributed by atoms with van der Waals surface area (Å²) in [5, 5.41) is 11.6. The largest absolute Gasteiger partial charge is 0.469 e. The number of furan rings is 1. The Labute approximate surface area is 183 Å². The molecule has 0 unspecified atom stereocenters. The molecule has 8 nitrogen and oxygen atoms in total. The lowest BCUT2D eigenvalue weighted by molar-refractivity contribution is 0.195. The van der Waals surface area contributed by atoms with Crippen molar-refractivity contribution in [1.29, 1.82) is 0 Å². The van der Waals surface area contributed by atoms with Gasteiger partial charge in [0.05, 0.1) is 17.7 Å². The molecule has 0 amide bonds. The maximum absolute atomic E-state index is 11.3. The Hall–Kier alpha value is -1.63. The van der Waals surface area contributed by atoms with Crippen LogP contribution in [-0.4, -0.2) is 41.2 Å². The van der Waals surface area contributed by atoms with Crippen LogP contribution >= 0.6 is 24.0 Å². The highest BCUT2D eigenvalue weighted by molar-refractivity contribution is 14.0. The van der Waals surface area contributed by atoms with Crippen molar-refractivity contribution in [3.8, 4) is 0 Å². The van der Waals surface area contributed by atoms with Crippen molar-refractivity contribution in [1.82, 2.24) is 10.6 Å². The molecule has 156 valence electrons. The fraction of sp³-hybridized carbons (Fsp3) is 0.389. The number of nitrogens with one attached hydrogen (secondary N) is 2. The second-order valence-electron chi connectivity index (χ2n) is 5.88. The molecule has 0 atom stereocenters. The van der Waals surface area contributed by atoms with Crippen LogP contribution in [0.15, 0.2) is 57.0 Å². The summed E-state index contributed by atoms with van der Waals surface area (Å²) in [6.07, 6.45) is 3.26. The van der Waals surface area contributed by atoms with Crippen molar-refractivity contribution >= 4 is 40.0 Å². The topological polar surface area (TPSA) is 119 Å². The predicted octanol–water partition coefficient (Wildman–Crippen LogP) is 1.86. The van der Waals surface area contributed by atoms with E-state index in [-0.39, 0.29) is 28.9 Å². The van der Waals surface area contributed by atoms with Gasteiger partial charge >= 0.3 is 0 Å². The number of primary sulfonamides is 1. The first-order valence-corrected chi connectivity index (χ1v) is 10.2. The van der Waals surface area contributed by atoms with E-state index in [0.717, 1.165) is 30.7 Å². The molecule has 28 heavy (non-hydrogen) atoms. The third kappa shape index (κ3) is 9.04. The van der Waals surface area contributed by atoms with Crippen molar-refractivity contribution in [3.63, 3.8) is 0 Å². The number of hydrogen-bond acceptors (Lipinski definition) is 5. The van der Waals surface area contributed by atoms with Gasteiger partial charge in [0, 0.05) is 33.2 Å². The molecule has 0 aliphatic heterocycles. The summed E-state index contributed by atoms with van der Waals surface area (Å²) in [6, 6.07) is 10.2. The summed E-state index contributed by atoms with van der Waals surface area (Å²) >= 11 is 0. The van der Waals surface area contributed by atoms with Gasteiger partial charge in [0.15, 0.2) is 5.96 Å². The smallest absolute Gasteiger partial charge is 0.238 e. The number of methoxy groups -OCH3 is 1. The lowest BCUT2D eigenvalue weighted by atomic mass is 10.2. The Balaban J connectivity index is 0.00000392. The molecular weight excluding hydrogens is 495 g/mol. The number of hydrogen-bond donors (Lipinski definition) is 3. The van der Waals surface area contributed by atoms with Crippen molar-refractivity contribution in [3.05, 3.63) is 54.0 Å². The van der Waals surface area contributed by atoms with Gasteiger partial charge in [-0.05, 0) is 36.2 Å². The molecule has 0 aliphatic carbocycles. The maximum Gasteiger partial charge on any atom is 0.238 e. The second-order valence-corrected chi connectivity index (χ2v) is 7.44. The second kappa shape index (κ2) is 12.8.